The van der Waals surface area contributed by atoms with Crippen molar-refractivity contribution in [3.05, 3.63) is 16.1 Å². The molecule has 1 aliphatic heterocycles. The number of aromatic nitrogens is 1. The Morgan fingerprint density at radius 2 is 2.32 bits per heavy atom. The van der Waals surface area contributed by atoms with Crippen LogP contribution in [0.25, 0.3) is 0 Å². The largest absolute Gasteiger partial charge is 0.374 e. The summed E-state index contributed by atoms with van der Waals surface area (Å²) in [6, 6.07) is 0.119. The molecular weight excluding hydrogens is 258 g/mol. The predicted octanol–water partition coefficient (Wildman–Crippen LogP) is 2.38. The molecule has 0 aromatic carbocycles. The summed E-state index contributed by atoms with van der Waals surface area (Å²) in [6.45, 7) is 9.53. The first-order valence-electron chi connectivity index (χ1n) is 6.90. The Kier molecular flexibility index (Phi) is 4.30. The molecule has 1 aromatic rings. The van der Waals surface area contributed by atoms with Crippen molar-refractivity contribution in [2.45, 2.75) is 64.0 Å². The van der Waals surface area contributed by atoms with Gasteiger partial charge in [0.2, 0.25) is 0 Å². The second-order valence-electron chi connectivity index (χ2n) is 6.56. The minimum Gasteiger partial charge on any atom is -0.374 e. The van der Waals surface area contributed by atoms with E-state index < -0.39 is 0 Å². The Bertz CT molecular complexity index is 419. The normalized spacial score (nSPS) is 25.7. The zero-order valence-corrected chi connectivity index (χ0v) is 13.1. The first kappa shape index (κ1) is 14.9. The third-order valence-electron chi connectivity index (χ3n) is 3.89. The average molecular weight is 283 g/mol. The Labute approximate surface area is 119 Å². The van der Waals surface area contributed by atoms with E-state index in [1.54, 1.807) is 11.3 Å². The fourth-order valence-corrected chi connectivity index (χ4v) is 3.52. The summed E-state index contributed by atoms with van der Waals surface area (Å²) in [6.07, 6.45) is 2.99. The minimum absolute atomic E-state index is 0.105. The van der Waals surface area contributed by atoms with E-state index in [1.165, 1.54) is 0 Å². The van der Waals surface area contributed by atoms with Gasteiger partial charge in [0.25, 0.3) is 0 Å². The molecule has 0 bridgehead atoms. The van der Waals surface area contributed by atoms with Crippen molar-refractivity contribution < 1.29 is 4.74 Å². The number of hydrazine groups is 1. The lowest BCUT2D eigenvalue weighted by Crippen LogP contribution is -2.52. The first-order chi connectivity index (χ1) is 8.85. The molecule has 2 heterocycles. The van der Waals surface area contributed by atoms with Gasteiger partial charge in [0.05, 0.1) is 22.3 Å². The maximum absolute atomic E-state index is 5.87. The lowest BCUT2D eigenvalue weighted by atomic mass is 9.91. The molecule has 3 N–H and O–H groups in total. The highest BCUT2D eigenvalue weighted by Gasteiger charge is 2.38. The monoisotopic (exact) mass is 283 g/mol. The molecule has 2 unspecified atom stereocenters. The number of hydrogen-bond donors (Lipinski definition) is 2. The van der Waals surface area contributed by atoms with Crippen molar-refractivity contribution in [1.82, 2.24) is 10.4 Å². The molecule has 108 valence electrons. The summed E-state index contributed by atoms with van der Waals surface area (Å²) < 4.78 is 5.87. The number of thiazole rings is 1. The zero-order valence-electron chi connectivity index (χ0n) is 12.3. The van der Waals surface area contributed by atoms with E-state index in [2.05, 4.69) is 38.5 Å². The smallest absolute Gasteiger partial charge is 0.0945 e. The van der Waals surface area contributed by atoms with E-state index >= 15 is 0 Å². The molecule has 1 fully saturated rings. The summed E-state index contributed by atoms with van der Waals surface area (Å²) >= 11 is 1.72. The minimum atomic E-state index is -0.164. The topological polar surface area (TPSA) is 60.2 Å². The van der Waals surface area contributed by atoms with E-state index in [1.807, 2.05) is 0 Å². The Balaban J connectivity index is 2.08. The lowest BCUT2D eigenvalue weighted by Gasteiger charge is -2.32. The third kappa shape index (κ3) is 3.34. The van der Waals surface area contributed by atoms with Crippen LogP contribution in [0.3, 0.4) is 0 Å². The van der Waals surface area contributed by atoms with E-state index in [0.717, 1.165) is 36.6 Å². The number of rotatable bonds is 4. The fourth-order valence-electron chi connectivity index (χ4n) is 2.45. The van der Waals surface area contributed by atoms with Crippen LogP contribution in [0, 0.1) is 0 Å². The van der Waals surface area contributed by atoms with Gasteiger partial charge in [0, 0.05) is 23.8 Å². The van der Waals surface area contributed by atoms with Gasteiger partial charge in [-0.1, -0.05) is 20.8 Å². The van der Waals surface area contributed by atoms with E-state index in [4.69, 9.17) is 15.6 Å². The molecule has 0 saturated carbocycles. The highest BCUT2D eigenvalue weighted by molar-refractivity contribution is 7.09. The van der Waals surface area contributed by atoms with Crippen LogP contribution in [0.4, 0.5) is 0 Å². The van der Waals surface area contributed by atoms with Gasteiger partial charge < -0.3 is 4.74 Å². The standard InChI is InChI=1S/C14H25N3OS/c1-13(2,3)11-9-19-12(16-11)8-10(17-15)14(4)6-5-7-18-14/h9-10,17H,5-8,15H2,1-4H3. The molecule has 0 amide bonds. The molecule has 1 aromatic heterocycles. The van der Waals surface area contributed by atoms with Crippen molar-refractivity contribution in [2.24, 2.45) is 5.84 Å². The molecule has 0 aliphatic carbocycles. The van der Waals surface area contributed by atoms with Gasteiger partial charge in [-0.25, -0.2) is 4.98 Å². The van der Waals surface area contributed by atoms with Crippen LogP contribution in [-0.2, 0) is 16.6 Å². The van der Waals surface area contributed by atoms with Gasteiger partial charge in [-0.15, -0.1) is 11.3 Å². The van der Waals surface area contributed by atoms with Crippen molar-refractivity contribution in [3.8, 4) is 0 Å². The molecule has 1 aliphatic rings. The number of nitrogens with one attached hydrogen (secondary N) is 1. The maximum atomic E-state index is 5.87. The molecule has 0 radical (unpaired) electrons. The number of nitrogens with two attached hydrogens (primary N) is 1. The van der Waals surface area contributed by atoms with Crippen LogP contribution in [0.5, 0.6) is 0 Å². The van der Waals surface area contributed by atoms with Crippen molar-refractivity contribution in [3.63, 3.8) is 0 Å². The summed E-state index contributed by atoms with van der Waals surface area (Å²) in [5, 5.41) is 3.28. The number of hydrogen-bond acceptors (Lipinski definition) is 5. The van der Waals surface area contributed by atoms with Crippen LogP contribution in [0.2, 0.25) is 0 Å². The second kappa shape index (κ2) is 5.48. The molecule has 2 atom stereocenters. The van der Waals surface area contributed by atoms with Gasteiger partial charge in [-0.2, -0.15) is 0 Å². The molecule has 1 saturated heterocycles. The Morgan fingerprint density at radius 3 is 2.79 bits per heavy atom. The van der Waals surface area contributed by atoms with Crippen LogP contribution < -0.4 is 11.3 Å². The lowest BCUT2D eigenvalue weighted by molar-refractivity contribution is -0.0115. The molecule has 2 rings (SSSR count). The Hall–Kier alpha value is -0.490. The highest BCUT2D eigenvalue weighted by Crippen LogP contribution is 2.31. The first-order valence-corrected chi connectivity index (χ1v) is 7.78. The molecule has 5 heteroatoms. The van der Waals surface area contributed by atoms with Crippen molar-refractivity contribution in [2.75, 3.05) is 6.61 Å². The van der Waals surface area contributed by atoms with E-state index in [0.29, 0.717) is 0 Å². The SMILES string of the molecule is CC(C)(C)c1csc(CC(NN)C2(C)CCCO2)n1. The highest BCUT2D eigenvalue weighted by atomic mass is 32.1. The van der Waals surface area contributed by atoms with Crippen LogP contribution >= 0.6 is 11.3 Å². The summed E-state index contributed by atoms with van der Waals surface area (Å²) in [5.41, 5.74) is 4.02. The zero-order chi connectivity index (χ0) is 14.1. The second-order valence-corrected chi connectivity index (χ2v) is 7.51. The molecule has 4 nitrogen and oxygen atoms in total. The third-order valence-corrected chi connectivity index (χ3v) is 4.76. The Morgan fingerprint density at radius 1 is 1.58 bits per heavy atom. The van der Waals surface area contributed by atoms with Gasteiger partial charge in [-0.3, -0.25) is 11.3 Å². The number of nitrogens with zero attached hydrogens (tertiary/aromatic N) is 1. The van der Waals surface area contributed by atoms with Crippen LogP contribution in [0.15, 0.2) is 5.38 Å². The fraction of sp³-hybridized carbons (Fsp3) is 0.786. The summed E-state index contributed by atoms with van der Waals surface area (Å²) in [5.74, 6) is 5.73. The number of ether oxygens (including phenoxy) is 1. The van der Waals surface area contributed by atoms with Gasteiger partial charge in [0.1, 0.15) is 0 Å². The summed E-state index contributed by atoms with van der Waals surface area (Å²) in [4.78, 5) is 4.74. The molecule has 0 spiro atoms. The van der Waals surface area contributed by atoms with Crippen LogP contribution in [-0.4, -0.2) is 23.2 Å². The quantitative estimate of drug-likeness (QED) is 0.658. The van der Waals surface area contributed by atoms with Crippen molar-refractivity contribution >= 4 is 11.3 Å². The van der Waals surface area contributed by atoms with Crippen molar-refractivity contribution in [1.29, 1.82) is 0 Å². The van der Waals surface area contributed by atoms with E-state index in [9.17, 15) is 0 Å². The van der Waals surface area contributed by atoms with Gasteiger partial charge >= 0.3 is 0 Å². The molecular formula is C14H25N3OS. The van der Waals surface area contributed by atoms with Gasteiger partial charge in [0.15, 0.2) is 0 Å². The van der Waals surface area contributed by atoms with Crippen LogP contribution in [0.1, 0.15) is 51.2 Å². The van der Waals surface area contributed by atoms with Gasteiger partial charge in [-0.05, 0) is 19.8 Å². The summed E-state index contributed by atoms with van der Waals surface area (Å²) in [7, 11) is 0. The predicted molar refractivity (Wildman–Crippen MR) is 79.2 cm³/mol. The molecule has 19 heavy (non-hydrogen) atoms. The maximum Gasteiger partial charge on any atom is 0.0945 e. The average Bonchev–Trinajstić information content (AvgIpc) is 2.94. The van der Waals surface area contributed by atoms with E-state index in [-0.39, 0.29) is 17.1 Å².